The van der Waals surface area contributed by atoms with Gasteiger partial charge in [0.2, 0.25) is 0 Å². The second-order valence-corrected chi connectivity index (χ2v) is 4.55. The molecule has 0 saturated heterocycles. The van der Waals surface area contributed by atoms with E-state index in [0.29, 0.717) is 0 Å². The maximum Gasteiger partial charge on any atom is 0.293 e. The lowest BCUT2D eigenvalue weighted by molar-refractivity contribution is -0.384. The summed E-state index contributed by atoms with van der Waals surface area (Å²) in [6, 6.07) is 2.24. The number of nitro groups is 1. The molecular weight excluding hydrogens is 281 g/mol. The molecule has 1 aromatic rings. The quantitative estimate of drug-likeness (QED) is 0.659. The Hall–Kier alpha value is -1.21. The SMILES string of the molecule is NC1CC1Nc1cc(F)c(Br)cc1[N+](=O)[O-]. The van der Waals surface area contributed by atoms with Gasteiger partial charge in [-0.3, -0.25) is 10.1 Å². The average Bonchev–Trinajstić information content (AvgIpc) is 2.87. The third-order valence-electron chi connectivity index (χ3n) is 2.42. The Morgan fingerprint density at radius 2 is 2.25 bits per heavy atom. The number of nitrogens with one attached hydrogen (secondary N) is 1. The van der Waals surface area contributed by atoms with Crippen molar-refractivity contribution in [2.75, 3.05) is 5.32 Å². The smallest absolute Gasteiger partial charge is 0.293 e. The highest BCUT2D eigenvalue weighted by Gasteiger charge is 2.35. The zero-order valence-corrected chi connectivity index (χ0v) is 9.70. The van der Waals surface area contributed by atoms with Crippen molar-refractivity contribution in [3.8, 4) is 0 Å². The van der Waals surface area contributed by atoms with Gasteiger partial charge >= 0.3 is 0 Å². The van der Waals surface area contributed by atoms with E-state index in [4.69, 9.17) is 5.73 Å². The van der Waals surface area contributed by atoms with Gasteiger partial charge in [0, 0.05) is 24.2 Å². The molecule has 0 amide bonds. The van der Waals surface area contributed by atoms with Gasteiger partial charge < -0.3 is 11.1 Å². The molecule has 1 aliphatic carbocycles. The van der Waals surface area contributed by atoms with Crippen LogP contribution in [0.25, 0.3) is 0 Å². The summed E-state index contributed by atoms with van der Waals surface area (Å²) in [4.78, 5) is 10.2. The highest BCUT2D eigenvalue weighted by Crippen LogP contribution is 2.33. The van der Waals surface area contributed by atoms with Crippen LogP contribution in [0.4, 0.5) is 15.8 Å². The first kappa shape index (κ1) is 11.3. The molecule has 1 fully saturated rings. The summed E-state index contributed by atoms with van der Waals surface area (Å²) in [5, 5.41) is 13.6. The lowest BCUT2D eigenvalue weighted by atomic mass is 10.2. The summed E-state index contributed by atoms with van der Waals surface area (Å²) >= 11 is 2.91. The van der Waals surface area contributed by atoms with Crippen LogP contribution in [0.1, 0.15) is 6.42 Å². The van der Waals surface area contributed by atoms with Gasteiger partial charge in [-0.25, -0.2) is 4.39 Å². The molecule has 0 spiro atoms. The first-order chi connectivity index (χ1) is 7.49. The standard InChI is InChI=1S/C9H9BrFN3O2/c10-4-1-9(14(15)16)8(2-5(4)11)13-7-3-6(7)12/h1-2,6-7,13H,3,12H2. The molecule has 2 unspecified atom stereocenters. The van der Waals surface area contributed by atoms with Crippen molar-refractivity contribution >= 4 is 27.3 Å². The highest BCUT2D eigenvalue weighted by molar-refractivity contribution is 9.10. The van der Waals surface area contributed by atoms with Gasteiger partial charge in [-0.05, 0) is 22.4 Å². The Kier molecular flexibility index (Phi) is 2.81. The Morgan fingerprint density at radius 3 is 2.75 bits per heavy atom. The van der Waals surface area contributed by atoms with Crippen molar-refractivity contribution in [3.63, 3.8) is 0 Å². The molecule has 0 aromatic heterocycles. The van der Waals surface area contributed by atoms with E-state index in [1.165, 1.54) is 0 Å². The van der Waals surface area contributed by atoms with Crippen LogP contribution >= 0.6 is 15.9 Å². The molecule has 0 aliphatic heterocycles. The van der Waals surface area contributed by atoms with Crippen LogP contribution in [0.2, 0.25) is 0 Å². The molecule has 2 rings (SSSR count). The maximum absolute atomic E-state index is 13.2. The van der Waals surface area contributed by atoms with Crippen LogP contribution in [-0.2, 0) is 0 Å². The third-order valence-corrected chi connectivity index (χ3v) is 3.02. The van der Waals surface area contributed by atoms with Crippen LogP contribution in [0.15, 0.2) is 16.6 Å². The molecule has 0 heterocycles. The van der Waals surface area contributed by atoms with Crippen molar-refractivity contribution in [3.05, 3.63) is 32.5 Å². The highest BCUT2D eigenvalue weighted by atomic mass is 79.9. The molecule has 1 saturated carbocycles. The summed E-state index contributed by atoms with van der Waals surface area (Å²) in [6.07, 6.45) is 0.745. The van der Waals surface area contributed by atoms with Crippen molar-refractivity contribution < 1.29 is 9.31 Å². The van der Waals surface area contributed by atoms with Crippen LogP contribution in [-0.4, -0.2) is 17.0 Å². The number of hydrogen-bond acceptors (Lipinski definition) is 4. The fourth-order valence-corrected chi connectivity index (χ4v) is 1.71. The van der Waals surface area contributed by atoms with Gasteiger partial charge in [-0.15, -0.1) is 0 Å². The number of nitrogens with two attached hydrogens (primary N) is 1. The van der Waals surface area contributed by atoms with Gasteiger partial charge in [-0.1, -0.05) is 0 Å². The minimum atomic E-state index is -0.555. The zero-order valence-electron chi connectivity index (χ0n) is 8.11. The summed E-state index contributed by atoms with van der Waals surface area (Å²) < 4.78 is 13.3. The number of anilines is 1. The summed E-state index contributed by atoms with van der Waals surface area (Å²) in [5.41, 5.74) is 5.58. The number of halogens is 2. The van der Waals surface area contributed by atoms with Crippen LogP contribution in [0.3, 0.4) is 0 Å². The minimum Gasteiger partial charge on any atom is -0.375 e. The van der Waals surface area contributed by atoms with Crippen molar-refractivity contribution in [2.24, 2.45) is 5.73 Å². The van der Waals surface area contributed by atoms with Crippen LogP contribution in [0.5, 0.6) is 0 Å². The lowest BCUT2D eigenvalue weighted by Gasteiger charge is -2.06. The first-order valence-corrected chi connectivity index (χ1v) is 5.44. The zero-order chi connectivity index (χ0) is 11.9. The van der Waals surface area contributed by atoms with E-state index in [-0.39, 0.29) is 27.9 Å². The molecule has 86 valence electrons. The summed E-state index contributed by atoms with van der Waals surface area (Å²) in [6.45, 7) is 0. The Labute approximate surface area is 99.1 Å². The monoisotopic (exact) mass is 289 g/mol. The van der Waals surface area contributed by atoms with E-state index in [0.717, 1.165) is 18.6 Å². The van der Waals surface area contributed by atoms with Crippen LogP contribution in [0, 0.1) is 15.9 Å². The fraction of sp³-hybridized carbons (Fsp3) is 0.333. The normalized spacial score (nSPS) is 22.9. The Morgan fingerprint density at radius 1 is 1.62 bits per heavy atom. The molecule has 3 N–H and O–H groups in total. The van der Waals surface area contributed by atoms with E-state index >= 15 is 0 Å². The molecule has 7 heteroatoms. The van der Waals surface area contributed by atoms with E-state index < -0.39 is 10.7 Å². The summed E-state index contributed by atoms with van der Waals surface area (Å²) in [7, 11) is 0. The van der Waals surface area contributed by atoms with E-state index in [2.05, 4.69) is 21.2 Å². The number of nitrogens with zero attached hydrogens (tertiary/aromatic N) is 1. The minimum absolute atomic E-state index is 0.000671. The average molecular weight is 290 g/mol. The molecule has 0 bridgehead atoms. The Balaban J connectivity index is 2.33. The summed E-state index contributed by atoms with van der Waals surface area (Å²) in [5.74, 6) is -0.540. The molecule has 5 nitrogen and oxygen atoms in total. The van der Waals surface area contributed by atoms with E-state index in [1.54, 1.807) is 0 Å². The van der Waals surface area contributed by atoms with Crippen molar-refractivity contribution in [1.82, 2.24) is 0 Å². The van der Waals surface area contributed by atoms with E-state index in [1.807, 2.05) is 0 Å². The molecule has 1 aromatic carbocycles. The molecule has 16 heavy (non-hydrogen) atoms. The predicted octanol–water partition coefficient (Wildman–Crippen LogP) is 2.01. The largest absolute Gasteiger partial charge is 0.375 e. The van der Waals surface area contributed by atoms with Gasteiger partial charge in [0.15, 0.2) is 0 Å². The number of nitro benzene ring substituents is 1. The van der Waals surface area contributed by atoms with Crippen molar-refractivity contribution in [1.29, 1.82) is 0 Å². The topological polar surface area (TPSA) is 81.2 Å². The van der Waals surface area contributed by atoms with Gasteiger partial charge in [0.1, 0.15) is 11.5 Å². The lowest BCUT2D eigenvalue weighted by Crippen LogP contribution is -2.14. The number of benzene rings is 1. The molecule has 0 radical (unpaired) electrons. The molecule has 1 aliphatic rings. The van der Waals surface area contributed by atoms with Gasteiger partial charge in [0.25, 0.3) is 5.69 Å². The maximum atomic E-state index is 13.2. The second kappa shape index (κ2) is 3.99. The van der Waals surface area contributed by atoms with Crippen LogP contribution < -0.4 is 11.1 Å². The van der Waals surface area contributed by atoms with Crippen molar-refractivity contribution in [2.45, 2.75) is 18.5 Å². The Bertz CT molecular complexity index is 455. The predicted molar refractivity (Wildman–Crippen MR) is 60.8 cm³/mol. The van der Waals surface area contributed by atoms with Gasteiger partial charge in [0.05, 0.1) is 9.40 Å². The molecule has 2 atom stereocenters. The number of rotatable bonds is 3. The molecular formula is C9H9BrFN3O2. The fourth-order valence-electron chi connectivity index (χ4n) is 1.38. The third kappa shape index (κ3) is 2.14. The number of hydrogen-bond donors (Lipinski definition) is 2. The van der Waals surface area contributed by atoms with E-state index in [9.17, 15) is 14.5 Å². The second-order valence-electron chi connectivity index (χ2n) is 3.69. The van der Waals surface area contributed by atoms with Gasteiger partial charge in [-0.2, -0.15) is 0 Å². The first-order valence-electron chi connectivity index (χ1n) is 4.64.